The number of aromatic nitrogens is 1. The largest absolute Gasteiger partial charge is 0.472 e. The van der Waals surface area contributed by atoms with Crippen LogP contribution in [0.2, 0.25) is 0 Å². The second kappa shape index (κ2) is 4.85. The Morgan fingerprint density at radius 1 is 1.37 bits per heavy atom. The Labute approximate surface area is 114 Å². The van der Waals surface area contributed by atoms with Crippen molar-refractivity contribution in [3.8, 4) is 0 Å². The third kappa shape index (κ3) is 2.37. The molecule has 0 fully saturated rings. The van der Waals surface area contributed by atoms with E-state index in [4.69, 9.17) is 4.42 Å². The van der Waals surface area contributed by atoms with Crippen LogP contribution in [0.4, 0.5) is 0 Å². The number of hydrogen-bond donors (Lipinski definition) is 0. The van der Waals surface area contributed by atoms with Gasteiger partial charge in [0.1, 0.15) is 11.3 Å². The molecule has 4 nitrogen and oxygen atoms in total. The molecule has 0 spiro atoms. The number of furan rings is 1. The Bertz CT molecular complexity index is 670. The molecule has 3 rings (SSSR count). The van der Waals surface area contributed by atoms with Crippen LogP contribution < -0.4 is 0 Å². The summed E-state index contributed by atoms with van der Waals surface area (Å²) in [6.45, 7) is 0.503. The molecule has 0 unspecified atom stereocenters. The van der Waals surface area contributed by atoms with Crippen molar-refractivity contribution in [2.45, 2.75) is 6.54 Å². The Morgan fingerprint density at radius 3 is 2.95 bits per heavy atom. The summed E-state index contributed by atoms with van der Waals surface area (Å²) in [6, 6.07) is 9.63. The quantitative estimate of drug-likeness (QED) is 0.735. The van der Waals surface area contributed by atoms with Gasteiger partial charge in [-0.25, -0.2) is 4.98 Å². The molecule has 2 aromatic heterocycles. The smallest absolute Gasteiger partial charge is 0.257 e. The number of benzene rings is 1. The molecule has 19 heavy (non-hydrogen) atoms. The van der Waals surface area contributed by atoms with E-state index in [-0.39, 0.29) is 5.91 Å². The Hall–Kier alpha value is -2.14. The molecule has 1 aromatic carbocycles. The first kappa shape index (κ1) is 11.9. The average Bonchev–Trinajstić information content (AvgIpc) is 3.06. The van der Waals surface area contributed by atoms with Gasteiger partial charge in [0.2, 0.25) is 0 Å². The highest BCUT2D eigenvalue weighted by molar-refractivity contribution is 7.18. The van der Waals surface area contributed by atoms with Gasteiger partial charge >= 0.3 is 0 Å². The molecule has 2 heterocycles. The van der Waals surface area contributed by atoms with Crippen molar-refractivity contribution in [3.63, 3.8) is 0 Å². The van der Waals surface area contributed by atoms with Crippen LogP contribution in [0.1, 0.15) is 15.4 Å². The van der Waals surface area contributed by atoms with Crippen LogP contribution in [0, 0.1) is 0 Å². The van der Waals surface area contributed by atoms with Gasteiger partial charge in [-0.1, -0.05) is 12.1 Å². The molecule has 0 radical (unpaired) electrons. The first-order valence-corrected chi connectivity index (χ1v) is 6.68. The van der Waals surface area contributed by atoms with E-state index in [0.29, 0.717) is 12.1 Å². The fourth-order valence-corrected chi connectivity index (χ4v) is 2.89. The SMILES string of the molecule is CN(Cc1nc2ccccc2s1)C(=O)c1ccoc1. The molecular weight excluding hydrogens is 260 g/mol. The minimum absolute atomic E-state index is 0.0620. The number of para-hydroxylation sites is 1. The zero-order valence-corrected chi connectivity index (χ0v) is 11.2. The average molecular weight is 272 g/mol. The summed E-state index contributed by atoms with van der Waals surface area (Å²) in [5.41, 5.74) is 1.54. The second-order valence-electron chi connectivity index (χ2n) is 4.25. The summed E-state index contributed by atoms with van der Waals surface area (Å²) < 4.78 is 6.06. The van der Waals surface area contributed by atoms with Crippen LogP contribution in [0.5, 0.6) is 0 Å². The first-order chi connectivity index (χ1) is 9.24. The highest BCUT2D eigenvalue weighted by Crippen LogP contribution is 2.22. The summed E-state index contributed by atoms with van der Waals surface area (Å²) in [7, 11) is 1.77. The molecule has 3 aromatic rings. The molecule has 0 bridgehead atoms. The van der Waals surface area contributed by atoms with Crippen molar-refractivity contribution in [2.75, 3.05) is 7.05 Å². The predicted molar refractivity (Wildman–Crippen MR) is 74.1 cm³/mol. The molecule has 5 heteroatoms. The van der Waals surface area contributed by atoms with Crippen molar-refractivity contribution in [1.29, 1.82) is 0 Å². The zero-order valence-electron chi connectivity index (χ0n) is 10.4. The monoisotopic (exact) mass is 272 g/mol. The van der Waals surface area contributed by atoms with E-state index >= 15 is 0 Å². The van der Waals surface area contributed by atoms with Gasteiger partial charge in [0.25, 0.3) is 5.91 Å². The van der Waals surface area contributed by atoms with Crippen molar-refractivity contribution in [2.24, 2.45) is 0 Å². The van der Waals surface area contributed by atoms with E-state index in [1.165, 1.54) is 12.5 Å². The maximum absolute atomic E-state index is 12.1. The van der Waals surface area contributed by atoms with E-state index in [2.05, 4.69) is 4.98 Å². The summed E-state index contributed by atoms with van der Waals surface area (Å²) in [6.07, 6.45) is 2.95. The van der Waals surface area contributed by atoms with E-state index in [1.807, 2.05) is 24.3 Å². The van der Waals surface area contributed by atoms with Crippen LogP contribution in [0.3, 0.4) is 0 Å². The molecule has 0 saturated carbocycles. The van der Waals surface area contributed by atoms with Crippen LogP contribution >= 0.6 is 11.3 Å². The van der Waals surface area contributed by atoms with Crippen LogP contribution in [0.25, 0.3) is 10.2 Å². The minimum Gasteiger partial charge on any atom is -0.472 e. The molecule has 1 amide bonds. The fraction of sp³-hybridized carbons (Fsp3) is 0.143. The number of rotatable bonds is 3. The lowest BCUT2D eigenvalue weighted by Gasteiger charge is -2.13. The summed E-state index contributed by atoms with van der Waals surface area (Å²) >= 11 is 1.61. The van der Waals surface area contributed by atoms with Gasteiger partial charge in [0.05, 0.1) is 28.6 Å². The van der Waals surface area contributed by atoms with Crippen molar-refractivity contribution in [3.05, 3.63) is 53.4 Å². The number of fused-ring (bicyclic) bond motifs is 1. The topological polar surface area (TPSA) is 46.3 Å². The zero-order chi connectivity index (χ0) is 13.2. The standard InChI is InChI=1S/C14H12N2O2S/c1-16(14(17)10-6-7-18-9-10)8-13-15-11-4-2-3-5-12(11)19-13/h2-7,9H,8H2,1H3. The lowest BCUT2D eigenvalue weighted by Crippen LogP contribution is -2.25. The van der Waals surface area contributed by atoms with Crippen molar-refractivity contribution in [1.82, 2.24) is 9.88 Å². The minimum atomic E-state index is -0.0620. The van der Waals surface area contributed by atoms with Gasteiger partial charge in [0, 0.05) is 7.05 Å². The maximum Gasteiger partial charge on any atom is 0.257 e. The van der Waals surface area contributed by atoms with Crippen LogP contribution in [-0.2, 0) is 6.54 Å². The van der Waals surface area contributed by atoms with Crippen LogP contribution in [0.15, 0.2) is 47.3 Å². The third-order valence-electron chi connectivity index (χ3n) is 2.83. The molecular formula is C14H12N2O2S. The third-order valence-corrected chi connectivity index (χ3v) is 3.85. The second-order valence-corrected chi connectivity index (χ2v) is 5.36. The fourth-order valence-electron chi connectivity index (χ4n) is 1.87. The lowest BCUT2D eigenvalue weighted by atomic mass is 10.3. The van der Waals surface area contributed by atoms with Gasteiger partial charge < -0.3 is 9.32 Å². The molecule has 0 N–H and O–H groups in total. The highest BCUT2D eigenvalue weighted by atomic mass is 32.1. The molecule has 0 aliphatic carbocycles. The van der Waals surface area contributed by atoms with Gasteiger partial charge in [-0.2, -0.15) is 0 Å². The highest BCUT2D eigenvalue weighted by Gasteiger charge is 2.14. The number of nitrogens with zero attached hydrogens (tertiary/aromatic N) is 2. The number of thiazole rings is 1. The Kier molecular flexibility index (Phi) is 3.05. The summed E-state index contributed by atoms with van der Waals surface area (Å²) in [5, 5.41) is 0.931. The Morgan fingerprint density at radius 2 is 2.21 bits per heavy atom. The summed E-state index contributed by atoms with van der Waals surface area (Å²) in [5.74, 6) is -0.0620. The van der Waals surface area contributed by atoms with E-state index < -0.39 is 0 Å². The molecule has 0 saturated heterocycles. The molecule has 96 valence electrons. The number of amides is 1. The van der Waals surface area contributed by atoms with E-state index in [9.17, 15) is 4.79 Å². The van der Waals surface area contributed by atoms with Crippen LogP contribution in [-0.4, -0.2) is 22.8 Å². The van der Waals surface area contributed by atoms with Gasteiger partial charge in [-0.15, -0.1) is 11.3 Å². The van der Waals surface area contributed by atoms with Crippen molar-refractivity contribution >= 4 is 27.5 Å². The maximum atomic E-state index is 12.1. The number of carbonyl (C=O) groups excluding carboxylic acids is 1. The van der Waals surface area contributed by atoms with Gasteiger partial charge in [0.15, 0.2) is 0 Å². The normalized spacial score (nSPS) is 10.8. The molecule has 0 atom stereocenters. The number of hydrogen-bond acceptors (Lipinski definition) is 4. The first-order valence-electron chi connectivity index (χ1n) is 5.86. The van der Waals surface area contributed by atoms with Gasteiger partial charge in [-0.05, 0) is 18.2 Å². The predicted octanol–water partition coefficient (Wildman–Crippen LogP) is 3.16. The van der Waals surface area contributed by atoms with Gasteiger partial charge in [-0.3, -0.25) is 4.79 Å². The van der Waals surface area contributed by atoms with Crippen molar-refractivity contribution < 1.29 is 9.21 Å². The molecule has 0 aliphatic heterocycles. The summed E-state index contributed by atoms with van der Waals surface area (Å²) in [4.78, 5) is 18.2. The Balaban J connectivity index is 1.79. The van der Waals surface area contributed by atoms with E-state index in [0.717, 1.165) is 15.2 Å². The lowest BCUT2D eigenvalue weighted by molar-refractivity contribution is 0.0784. The van der Waals surface area contributed by atoms with E-state index in [1.54, 1.807) is 29.4 Å². The molecule has 0 aliphatic rings. The number of carbonyl (C=O) groups is 1.